The van der Waals surface area contributed by atoms with Crippen LogP contribution in [0.5, 0.6) is 0 Å². The molecular formula is C13H11FN4O3. The molecule has 0 aliphatic carbocycles. The van der Waals surface area contributed by atoms with E-state index in [0.29, 0.717) is 11.3 Å². The number of hydrogen-bond donors (Lipinski definition) is 2. The molecule has 2 N–H and O–H groups in total. The van der Waals surface area contributed by atoms with Crippen molar-refractivity contribution in [3.63, 3.8) is 0 Å². The van der Waals surface area contributed by atoms with Gasteiger partial charge < -0.3 is 10.6 Å². The first-order chi connectivity index (χ1) is 10.0. The topological polar surface area (TPSA) is 97.2 Å². The fourth-order valence-corrected chi connectivity index (χ4v) is 1.72. The van der Waals surface area contributed by atoms with Gasteiger partial charge in [-0.15, -0.1) is 0 Å². The van der Waals surface area contributed by atoms with E-state index in [2.05, 4.69) is 15.6 Å². The van der Waals surface area contributed by atoms with Crippen LogP contribution in [0.2, 0.25) is 0 Å². The van der Waals surface area contributed by atoms with Crippen LogP contribution in [-0.2, 0) is 0 Å². The zero-order valence-corrected chi connectivity index (χ0v) is 11.0. The molecule has 0 atom stereocenters. The van der Waals surface area contributed by atoms with Gasteiger partial charge in [-0.25, -0.2) is 0 Å². The lowest BCUT2D eigenvalue weighted by Gasteiger charge is -2.09. The highest BCUT2D eigenvalue weighted by Gasteiger charge is 2.16. The standard InChI is InChI=1S/C13H11FN4O3/c1-15-11-7-16-5-4-9(11)13(19)17-8-2-3-12(18(20)21)10(14)6-8/h2-7,15H,1H3,(H,17,19). The number of nitro benzene ring substituents is 1. The van der Waals surface area contributed by atoms with Crippen LogP contribution in [-0.4, -0.2) is 22.9 Å². The van der Waals surface area contributed by atoms with Gasteiger partial charge in [0.2, 0.25) is 5.82 Å². The minimum atomic E-state index is -1.01. The molecule has 0 aliphatic heterocycles. The van der Waals surface area contributed by atoms with E-state index in [-0.39, 0.29) is 5.69 Å². The number of nitrogens with zero attached hydrogens (tertiary/aromatic N) is 2. The average molecular weight is 290 g/mol. The van der Waals surface area contributed by atoms with Gasteiger partial charge in [0.05, 0.1) is 22.4 Å². The molecule has 8 heteroatoms. The second kappa shape index (κ2) is 5.95. The Hall–Kier alpha value is -3.03. The van der Waals surface area contributed by atoms with Gasteiger partial charge in [0, 0.05) is 31.1 Å². The van der Waals surface area contributed by atoms with E-state index < -0.39 is 22.3 Å². The molecule has 0 bridgehead atoms. The molecule has 21 heavy (non-hydrogen) atoms. The van der Waals surface area contributed by atoms with Crippen molar-refractivity contribution >= 4 is 23.0 Å². The number of hydrogen-bond acceptors (Lipinski definition) is 5. The molecule has 0 aliphatic rings. The Kier molecular flexibility index (Phi) is 4.07. The molecule has 0 radical (unpaired) electrons. The Balaban J connectivity index is 2.24. The molecular weight excluding hydrogens is 279 g/mol. The number of anilines is 2. The second-order valence-corrected chi connectivity index (χ2v) is 4.05. The van der Waals surface area contributed by atoms with Crippen molar-refractivity contribution in [1.29, 1.82) is 0 Å². The van der Waals surface area contributed by atoms with Gasteiger partial charge in [0.15, 0.2) is 0 Å². The molecule has 0 spiro atoms. The summed E-state index contributed by atoms with van der Waals surface area (Å²) < 4.78 is 13.5. The summed E-state index contributed by atoms with van der Waals surface area (Å²) in [5, 5.41) is 15.8. The lowest BCUT2D eigenvalue weighted by Crippen LogP contribution is -2.14. The fraction of sp³-hybridized carbons (Fsp3) is 0.0769. The molecule has 1 amide bonds. The molecule has 2 rings (SSSR count). The molecule has 2 aromatic rings. The molecule has 1 aromatic heterocycles. The van der Waals surface area contributed by atoms with Crippen molar-refractivity contribution in [2.24, 2.45) is 0 Å². The van der Waals surface area contributed by atoms with E-state index >= 15 is 0 Å². The monoisotopic (exact) mass is 290 g/mol. The first-order valence-electron chi connectivity index (χ1n) is 5.90. The van der Waals surface area contributed by atoms with Crippen LogP contribution < -0.4 is 10.6 Å². The Morgan fingerprint density at radius 2 is 2.14 bits per heavy atom. The number of carbonyl (C=O) groups excluding carboxylic acids is 1. The van der Waals surface area contributed by atoms with Crippen LogP contribution in [0.3, 0.4) is 0 Å². The quantitative estimate of drug-likeness (QED) is 0.665. The number of pyridine rings is 1. The van der Waals surface area contributed by atoms with Crippen molar-refractivity contribution in [3.05, 3.63) is 58.2 Å². The van der Waals surface area contributed by atoms with E-state index in [0.717, 1.165) is 12.1 Å². The van der Waals surface area contributed by atoms with E-state index in [1.807, 2.05) is 0 Å². The Labute approximate surface area is 119 Å². The van der Waals surface area contributed by atoms with Crippen molar-refractivity contribution in [3.8, 4) is 0 Å². The summed E-state index contributed by atoms with van der Waals surface area (Å²) in [5.74, 6) is -1.49. The predicted molar refractivity (Wildman–Crippen MR) is 74.8 cm³/mol. The maximum absolute atomic E-state index is 13.5. The zero-order valence-electron chi connectivity index (χ0n) is 11.0. The van der Waals surface area contributed by atoms with Gasteiger partial charge in [0.1, 0.15) is 0 Å². The van der Waals surface area contributed by atoms with Gasteiger partial charge >= 0.3 is 5.69 Å². The maximum Gasteiger partial charge on any atom is 0.304 e. The Bertz CT molecular complexity index is 706. The third kappa shape index (κ3) is 3.11. The molecule has 0 saturated heterocycles. The third-order valence-electron chi connectivity index (χ3n) is 2.74. The summed E-state index contributed by atoms with van der Waals surface area (Å²) in [6, 6.07) is 4.66. The minimum absolute atomic E-state index is 0.127. The highest BCUT2D eigenvalue weighted by Crippen LogP contribution is 2.22. The van der Waals surface area contributed by atoms with Crippen LogP contribution in [0.25, 0.3) is 0 Å². The molecule has 0 fully saturated rings. The number of halogens is 1. The number of rotatable bonds is 4. The van der Waals surface area contributed by atoms with Gasteiger partial charge in [0.25, 0.3) is 5.91 Å². The van der Waals surface area contributed by atoms with Gasteiger partial charge in [-0.3, -0.25) is 19.9 Å². The molecule has 0 saturated carbocycles. The summed E-state index contributed by atoms with van der Waals surface area (Å²) in [6.07, 6.45) is 2.93. The number of nitro groups is 1. The minimum Gasteiger partial charge on any atom is -0.386 e. The van der Waals surface area contributed by atoms with Crippen LogP contribution >= 0.6 is 0 Å². The van der Waals surface area contributed by atoms with Crippen molar-refractivity contribution in [1.82, 2.24) is 4.98 Å². The number of nitrogens with one attached hydrogen (secondary N) is 2. The molecule has 1 heterocycles. The zero-order chi connectivity index (χ0) is 15.4. The van der Waals surface area contributed by atoms with Crippen LogP contribution in [0.15, 0.2) is 36.7 Å². The first-order valence-corrected chi connectivity index (χ1v) is 5.90. The Morgan fingerprint density at radius 1 is 1.38 bits per heavy atom. The molecule has 1 aromatic carbocycles. The van der Waals surface area contributed by atoms with Crippen molar-refractivity contribution in [2.45, 2.75) is 0 Å². The fourth-order valence-electron chi connectivity index (χ4n) is 1.72. The second-order valence-electron chi connectivity index (χ2n) is 4.05. The summed E-state index contributed by atoms with van der Waals surface area (Å²) in [4.78, 5) is 25.7. The SMILES string of the molecule is CNc1cnccc1C(=O)Nc1ccc([N+](=O)[O-])c(F)c1. The lowest BCUT2D eigenvalue weighted by molar-refractivity contribution is -0.387. The van der Waals surface area contributed by atoms with E-state index in [1.54, 1.807) is 7.05 Å². The third-order valence-corrected chi connectivity index (χ3v) is 2.74. The number of benzene rings is 1. The van der Waals surface area contributed by atoms with Gasteiger partial charge in [-0.05, 0) is 12.1 Å². The van der Waals surface area contributed by atoms with Crippen LogP contribution in [0.1, 0.15) is 10.4 Å². The summed E-state index contributed by atoms with van der Waals surface area (Å²) in [6.45, 7) is 0. The Morgan fingerprint density at radius 3 is 2.76 bits per heavy atom. The number of aromatic nitrogens is 1. The van der Waals surface area contributed by atoms with E-state index in [4.69, 9.17) is 0 Å². The van der Waals surface area contributed by atoms with Gasteiger partial charge in [-0.1, -0.05) is 0 Å². The maximum atomic E-state index is 13.5. The summed E-state index contributed by atoms with van der Waals surface area (Å²) in [5.41, 5.74) is 0.318. The predicted octanol–water partition coefficient (Wildman–Crippen LogP) is 2.42. The number of carbonyl (C=O) groups is 1. The highest BCUT2D eigenvalue weighted by molar-refractivity contribution is 6.07. The normalized spacial score (nSPS) is 10.0. The number of amides is 1. The average Bonchev–Trinajstić information content (AvgIpc) is 2.46. The highest BCUT2D eigenvalue weighted by atomic mass is 19.1. The summed E-state index contributed by atoms with van der Waals surface area (Å²) >= 11 is 0. The van der Waals surface area contributed by atoms with Gasteiger partial charge in [-0.2, -0.15) is 4.39 Å². The first kappa shape index (κ1) is 14.4. The van der Waals surface area contributed by atoms with Crippen molar-refractivity contribution < 1.29 is 14.1 Å². The van der Waals surface area contributed by atoms with Crippen molar-refractivity contribution in [2.75, 3.05) is 17.7 Å². The van der Waals surface area contributed by atoms with Crippen LogP contribution in [0, 0.1) is 15.9 Å². The molecule has 7 nitrogen and oxygen atoms in total. The van der Waals surface area contributed by atoms with E-state index in [1.165, 1.54) is 24.5 Å². The molecule has 108 valence electrons. The summed E-state index contributed by atoms with van der Waals surface area (Å²) in [7, 11) is 1.64. The molecule has 0 unspecified atom stereocenters. The van der Waals surface area contributed by atoms with Crippen LogP contribution in [0.4, 0.5) is 21.5 Å². The van der Waals surface area contributed by atoms with E-state index in [9.17, 15) is 19.3 Å². The smallest absolute Gasteiger partial charge is 0.304 e. The largest absolute Gasteiger partial charge is 0.386 e. The lowest BCUT2D eigenvalue weighted by atomic mass is 10.2.